The lowest BCUT2D eigenvalue weighted by Crippen LogP contribution is -2.39. The maximum absolute atomic E-state index is 9.08. The van der Waals surface area contributed by atoms with Crippen LogP contribution in [0.1, 0.15) is 73.5 Å². The molecule has 0 saturated heterocycles. The topological polar surface area (TPSA) is 3.24 Å². The van der Waals surface area contributed by atoms with Gasteiger partial charge in [0.1, 0.15) is 0 Å². The van der Waals surface area contributed by atoms with Crippen LogP contribution < -0.4 is 4.90 Å². The molecule has 0 aromatic heterocycles. The highest BCUT2D eigenvalue weighted by Crippen LogP contribution is 2.53. The minimum absolute atomic E-state index is 0.112. The molecule has 1 heteroatoms. The molecule has 0 amide bonds. The molecule has 4 aromatic carbocycles. The minimum atomic E-state index is -0.410. The third-order valence-corrected chi connectivity index (χ3v) is 7.65. The maximum atomic E-state index is 9.08. The summed E-state index contributed by atoms with van der Waals surface area (Å²) in [7, 11) is 0. The van der Waals surface area contributed by atoms with E-state index in [4.69, 9.17) is 2.74 Å². The number of benzene rings is 4. The van der Waals surface area contributed by atoms with E-state index < -0.39 is 12.8 Å². The molecular weight excluding hydrogens is 434 g/mol. The van der Waals surface area contributed by atoms with Crippen LogP contribution in [-0.2, 0) is 18.2 Å². The van der Waals surface area contributed by atoms with Crippen LogP contribution in [0.2, 0.25) is 0 Å². The van der Waals surface area contributed by atoms with E-state index in [1.807, 2.05) is 19.9 Å². The number of hydrogen-bond acceptors (Lipinski definition) is 1. The fourth-order valence-corrected chi connectivity index (χ4v) is 5.95. The van der Waals surface area contributed by atoms with E-state index in [0.717, 1.165) is 33.6 Å². The normalized spacial score (nSPS) is 16.4. The first kappa shape index (κ1) is 21.9. The third-order valence-electron chi connectivity index (χ3n) is 7.65. The zero-order valence-corrected chi connectivity index (χ0v) is 22.7. The molecule has 0 bridgehead atoms. The Morgan fingerprint density at radius 3 is 2.06 bits per heavy atom. The van der Waals surface area contributed by atoms with Crippen LogP contribution in [-0.4, -0.2) is 5.54 Å². The van der Waals surface area contributed by atoms with Crippen molar-refractivity contribution in [1.82, 2.24) is 0 Å². The summed E-state index contributed by atoms with van der Waals surface area (Å²) in [4.78, 5) is 2.37. The van der Waals surface area contributed by atoms with Crippen molar-refractivity contribution >= 4 is 11.4 Å². The zero-order chi connectivity index (χ0) is 27.4. The van der Waals surface area contributed by atoms with Gasteiger partial charge in [0, 0.05) is 25.1 Å². The van der Waals surface area contributed by atoms with Crippen LogP contribution in [0, 0.1) is 0 Å². The van der Waals surface area contributed by atoms with Crippen LogP contribution in [0.15, 0.2) is 84.9 Å². The summed E-state index contributed by atoms with van der Waals surface area (Å²) in [5, 5.41) is 0. The Bertz CT molecular complexity index is 1480. The number of nitrogens with zero attached hydrogens (tertiary/aromatic N) is 1. The molecule has 0 saturated carbocycles. The Morgan fingerprint density at radius 2 is 1.39 bits per heavy atom. The van der Waals surface area contributed by atoms with Crippen LogP contribution in [0.3, 0.4) is 0 Å². The molecule has 2 unspecified atom stereocenters. The molecule has 0 heterocycles. The van der Waals surface area contributed by atoms with E-state index >= 15 is 0 Å². The third kappa shape index (κ3) is 3.86. The van der Waals surface area contributed by atoms with Gasteiger partial charge in [0.2, 0.25) is 0 Å². The number of aryl methyl sites for hydroxylation is 1. The minimum Gasteiger partial charge on any atom is -0.336 e. The Balaban J connectivity index is 1.78. The molecule has 5 rings (SSSR count). The van der Waals surface area contributed by atoms with Gasteiger partial charge in [0.25, 0.3) is 0 Å². The predicted octanol–water partition coefficient (Wildman–Crippen LogP) is 9.72. The Kier molecular flexibility index (Phi) is 5.46. The summed E-state index contributed by atoms with van der Waals surface area (Å²) >= 11 is 0. The molecule has 0 aliphatic heterocycles. The first-order chi connectivity index (χ1) is 17.9. The van der Waals surface area contributed by atoms with Gasteiger partial charge in [-0.1, -0.05) is 94.4 Å². The van der Waals surface area contributed by atoms with Gasteiger partial charge in [-0.15, -0.1) is 0 Å². The van der Waals surface area contributed by atoms with E-state index in [9.17, 15) is 0 Å². The number of anilines is 2. The van der Waals surface area contributed by atoms with Gasteiger partial charge in [-0.05, 0) is 96.3 Å². The second-order valence-electron chi connectivity index (χ2n) is 11.3. The second-order valence-corrected chi connectivity index (χ2v) is 11.3. The molecule has 1 aliphatic carbocycles. The van der Waals surface area contributed by atoms with Gasteiger partial charge in [0.15, 0.2) is 0 Å². The van der Waals surface area contributed by atoms with E-state index in [1.54, 1.807) is 0 Å². The number of hydrogen-bond donors (Lipinski definition) is 0. The van der Waals surface area contributed by atoms with Crippen molar-refractivity contribution < 1.29 is 2.74 Å². The standard InChI is InChI=1S/C35H39N/c1-8-24-23-26(25-15-11-10-12-16-25)19-21-31(24)36(34(3,4)5)32-22-20-30-33(27(32)9-2)28-17-13-14-18-29(28)35(30,6)7/h10-23H,8-9H2,1-7H3/i8D,9D. The average Bonchev–Trinajstić information content (AvgIpc) is 3.10. The fourth-order valence-electron chi connectivity index (χ4n) is 5.95. The van der Waals surface area contributed by atoms with E-state index in [0.29, 0.717) is 0 Å². The average molecular weight is 476 g/mol. The molecule has 0 fully saturated rings. The van der Waals surface area contributed by atoms with Gasteiger partial charge >= 0.3 is 0 Å². The van der Waals surface area contributed by atoms with Crippen molar-refractivity contribution in [3.05, 3.63) is 107 Å². The highest BCUT2D eigenvalue weighted by Gasteiger charge is 2.38. The van der Waals surface area contributed by atoms with E-state index in [2.05, 4.69) is 118 Å². The molecule has 184 valence electrons. The van der Waals surface area contributed by atoms with Crippen LogP contribution in [0.4, 0.5) is 11.4 Å². The predicted molar refractivity (Wildman–Crippen MR) is 157 cm³/mol. The Labute approximate surface area is 220 Å². The molecule has 1 aliphatic rings. The van der Waals surface area contributed by atoms with E-state index in [-0.39, 0.29) is 11.0 Å². The molecule has 0 radical (unpaired) electrons. The summed E-state index contributed by atoms with van der Waals surface area (Å²) in [5.41, 5.74) is 11.1. The molecule has 0 N–H and O–H groups in total. The van der Waals surface area contributed by atoms with Crippen LogP contribution in [0.5, 0.6) is 0 Å². The maximum Gasteiger partial charge on any atom is 0.0454 e. The van der Waals surface area contributed by atoms with Gasteiger partial charge in [0.05, 0.1) is 0 Å². The lowest BCUT2D eigenvalue weighted by atomic mass is 9.81. The highest BCUT2D eigenvalue weighted by molar-refractivity contribution is 5.88. The fraction of sp³-hybridized carbons (Fsp3) is 0.314. The second kappa shape index (κ2) is 8.96. The highest BCUT2D eigenvalue weighted by atomic mass is 15.2. The van der Waals surface area contributed by atoms with E-state index in [1.165, 1.54) is 22.3 Å². The summed E-state index contributed by atoms with van der Waals surface area (Å²) in [6.45, 7) is 15.2. The van der Waals surface area contributed by atoms with Crippen molar-refractivity contribution in [2.75, 3.05) is 4.90 Å². The van der Waals surface area contributed by atoms with Crippen LogP contribution >= 0.6 is 0 Å². The van der Waals surface area contributed by atoms with Crippen molar-refractivity contribution in [3.8, 4) is 22.3 Å². The summed E-state index contributed by atoms with van der Waals surface area (Å²) < 4.78 is 17.9. The van der Waals surface area contributed by atoms with Gasteiger partial charge < -0.3 is 4.90 Å². The quantitative estimate of drug-likeness (QED) is 0.278. The Hall–Kier alpha value is -3.32. The SMILES string of the molecule is [2H]C(C)c1cc(-c2ccccc2)ccc1N(c1ccc2c(c1C([2H])C)-c1ccccc1C2(C)C)C(C)(C)C. The van der Waals surface area contributed by atoms with Gasteiger partial charge in [-0.25, -0.2) is 0 Å². The lowest BCUT2D eigenvalue weighted by molar-refractivity contribution is 0.557. The van der Waals surface area contributed by atoms with Gasteiger partial charge in [-0.2, -0.15) is 0 Å². The van der Waals surface area contributed by atoms with Crippen molar-refractivity contribution in [1.29, 1.82) is 0 Å². The Morgan fingerprint density at radius 1 is 0.722 bits per heavy atom. The largest absolute Gasteiger partial charge is 0.336 e. The zero-order valence-electron chi connectivity index (χ0n) is 24.7. The molecule has 2 atom stereocenters. The molecule has 0 spiro atoms. The monoisotopic (exact) mass is 475 g/mol. The van der Waals surface area contributed by atoms with Crippen molar-refractivity contribution in [2.45, 2.75) is 72.2 Å². The van der Waals surface area contributed by atoms with Gasteiger partial charge in [-0.3, -0.25) is 0 Å². The smallest absolute Gasteiger partial charge is 0.0454 e. The molecular formula is C35H39N. The first-order valence-corrected chi connectivity index (χ1v) is 13.0. The summed E-state index contributed by atoms with van der Waals surface area (Å²) in [6, 6.07) is 30.1. The first-order valence-electron chi connectivity index (χ1n) is 14.2. The van der Waals surface area contributed by atoms with Crippen molar-refractivity contribution in [3.63, 3.8) is 0 Å². The lowest BCUT2D eigenvalue weighted by Gasteiger charge is -2.41. The van der Waals surface area contributed by atoms with Crippen molar-refractivity contribution in [2.24, 2.45) is 0 Å². The number of rotatable bonds is 5. The number of fused-ring (bicyclic) bond motifs is 3. The van der Waals surface area contributed by atoms with Crippen LogP contribution in [0.25, 0.3) is 22.3 Å². The summed E-state index contributed by atoms with van der Waals surface area (Å²) in [6.07, 6.45) is -0.809. The summed E-state index contributed by atoms with van der Waals surface area (Å²) in [5.74, 6) is 0. The molecule has 1 nitrogen and oxygen atoms in total. The molecule has 4 aromatic rings. The molecule has 36 heavy (non-hydrogen) atoms.